The van der Waals surface area contributed by atoms with E-state index < -0.39 is 0 Å². The lowest BCUT2D eigenvalue weighted by Crippen LogP contribution is -2.27. The van der Waals surface area contributed by atoms with Gasteiger partial charge in [-0.25, -0.2) is 0 Å². The maximum Gasteiger partial charge on any atom is 0.280 e. The lowest BCUT2D eigenvalue weighted by atomic mass is 10.1. The number of benzene rings is 1. The zero-order valence-corrected chi connectivity index (χ0v) is 11.7. The molecule has 2 aromatic rings. The predicted octanol–water partition coefficient (Wildman–Crippen LogP) is 2.10. The smallest absolute Gasteiger partial charge is 0.280 e. The number of H-pyrrole nitrogens is 1. The first kappa shape index (κ1) is 13.9. The Bertz CT molecular complexity index is 634. The number of amides is 1. The second-order valence-electron chi connectivity index (χ2n) is 4.94. The Kier molecular flexibility index (Phi) is 3.65. The summed E-state index contributed by atoms with van der Waals surface area (Å²) in [6.07, 6.45) is 0. The second-order valence-corrected chi connectivity index (χ2v) is 4.94. The first-order valence-corrected chi connectivity index (χ1v) is 6.32. The lowest BCUT2D eigenvalue weighted by Gasteiger charge is -2.16. The molecule has 20 heavy (non-hydrogen) atoms. The molecule has 0 aliphatic carbocycles. The minimum atomic E-state index is -0.323. The maximum absolute atomic E-state index is 12.4. The fourth-order valence-electron chi connectivity index (χ4n) is 1.95. The molecule has 0 aliphatic heterocycles. The van der Waals surface area contributed by atoms with Gasteiger partial charge in [-0.2, -0.15) is 5.10 Å². The second kappa shape index (κ2) is 5.24. The SMILES string of the molecule is CC(C)c1[nH]nc(C(=O)N(C)c2cccc(O)c2)c1N. The minimum Gasteiger partial charge on any atom is -0.508 e. The van der Waals surface area contributed by atoms with Crippen molar-refractivity contribution in [2.24, 2.45) is 0 Å². The Morgan fingerprint density at radius 1 is 1.45 bits per heavy atom. The fraction of sp³-hybridized carbons (Fsp3) is 0.286. The van der Waals surface area contributed by atoms with E-state index in [1.54, 1.807) is 25.2 Å². The van der Waals surface area contributed by atoms with Crippen molar-refractivity contribution in [3.8, 4) is 5.75 Å². The van der Waals surface area contributed by atoms with Crippen LogP contribution in [0.5, 0.6) is 5.75 Å². The van der Waals surface area contributed by atoms with Crippen molar-refractivity contribution in [1.29, 1.82) is 0 Å². The fourth-order valence-corrected chi connectivity index (χ4v) is 1.95. The molecule has 0 saturated heterocycles. The molecule has 1 amide bonds. The van der Waals surface area contributed by atoms with Gasteiger partial charge >= 0.3 is 0 Å². The maximum atomic E-state index is 12.4. The Balaban J connectivity index is 2.32. The van der Waals surface area contributed by atoms with Crippen molar-refractivity contribution in [2.75, 3.05) is 17.7 Å². The predicted molar refractivity (Wildman–Crippen MR) is 77.9 cm³/mol. The first-order valence-electron chi connectivity index (χ1n) is 6.32. The normalized spacial score (nSPS) is 10.8. The van der Waals surface area contributed by atoms with Gasteiger partial charge in [0.1, 0.15) is 5.75 Å². The molecule has 0 atom stereocenters. The average molecular weight is 274 g/mol. The van der Waals surface area contributed by atoms with E-state index in [0.29, 0.717) is 11.4 Å². The van der Waals surface area contributed by atoms with Gasteiger partial charge < -0.3 is 15.7 Å². The molecule has 1 aromatic heterocycles. The number of rotatable bonds is 3. The molecule has 0 fully saturated rings. The van der Waals surface area contributed by atoms with Crippen LogP contribution in [-0.4, -0.2) is 28.3 Å². The molecule has 6 nitrogen and oxygen atoms in total. The monoisotopic (exact) mass is 274 g/mol. The lowest BCUT2D eigenvalue weighted by molar-refractivity contribution is 0.0989. The van der Waals surface area contributed by atoms with Crippen molar-refractivity contribution < 1.29 is 9.90 Å². The van der Waals surface area contributed by atoms with Crippen LogP contribution in [0.15, 0.2) is 24.3 Å². The zero-order valence-electron chi connectivity index (χ0n) is 11.7. The van der Waals surface area contributed by atoms with Crippen molar-refractivity contribution in [3.63, 3.8) is 0 Å². The topological polar surface area (TPSA) is 95.2 Å². The third kappa shape index (κ3) is 2.45. The minimum absolute atomic E-state index is 0.0972. The van der Waals surface area contributed by atoms with E-state index in [1.807, 2.05) is 13.8 Å². The van der Waals surface area contributed by atoms with Crippen molar-refractivity contribution in [3.05, 3.63) is 35.7 Å². The van der Waals surface area contributed by atoms with E-state index in [1.165, 1.54) is 11.0 Å². The van der Waals surface area contributed by atoms with E-state index in [9.17, 15) is 9.90 Å². The van der Waals surface area contributed by atoms with Gasteiger partial charge in [-0.15, -0.1) is 0 Å². The Morgan fingerprint density at radius 3 is 2.70 bits per heavy atom. The Morgan fingerprint density at radius 2 is 2.15 bits per heavy atom. The highest BCUT2D eigenvalue weighted by Gasteiger charge is 2.22. The van der Waals surface area contributed by atoms with Gasteiger partial charge in [0.05, 0.1) is 11.4 Å². The van der Waals surface area contributed by atoms with Gasteiger partial charge in [0.15, 0.2) is 5.69 Å². The number of aromatic amines is 1. The number of aromatic hydroxyl groups is 1. The quantitative estimate of drug-likeness (QED) is 0.798. The van der Waals surface area contributed by atoms with Crippen LogP contribution in [0.4, 0.5) is 11.4 Å². The largest absolute Gasteiger partial charge is 0.508 e. The van der Waals surface area contributed by atoms with E-state index in [4.69, 9.17) is 5.73 Å². The first-order chi connectivity index (χ1) is 9.41. The highest BCUT2D eigenvalue weighted by Crippen LogP contribution is 2.25. The summed E-state index contributed by atoms with van der Waals surface area (Å²) in [7, 11) is 1.61. The molecule has 2 rings (SSSR count). The van der Waals surface area contributed by atoms with Crippen LogP contribution in [0.1, 0.15) is 35.9 Å². The van der Waals surface area contributed by atoms with E-state index in [2.05, 4.69) is 10.2 Å². The standard InChI is InChI=1S/C14H18N4O2/c1-8(2)12-11(15)13(17-16-12)14(20)18(3)9-5-4-6-10(19)7-9/h4-8,19H,15H2,1-3H3,(H,16,17). The molecule has 0 radical (unpaired) electrons. The summed E-state index contributed by atoms with van der Waals surface area (Å²) < 4.78 is 0. The molecule has 0 spiro atoms. The van der Waals surface area contributed by atoms with Crippen LogP contribution >= 0.6 is 0 Å². The van der Waals surface area contributed by atoms with Gasteiger partial charge in [0.25, 0.3) is 5.91 Å². The molecule has 4 N–H and O–H groups in total. The molecule has 0 unspecified atom stereocenters. The summed E-state index contributed by atoms with van der Waals surface area (Å²) in [4.78, 5) is 13.8. The van der Waals surface area contributed by atoms with Crippen molar-refractivity contribution >= 4 is 17.3 Å². The molecule has 106 valence electrons. The number of hydrogen-bond donors (Lipinski definition) is 3. The summed E-state index contributed by atoms with van der Waals surface area (Å²) in [5, 5.41) is 16.3. The number of nitrogens with two attached hydrogens (primary N) is 1. The van der Waals surface area contributed by atoms with Crippen molar-refractivity contribution in [2.45, 2.75) is 19.8 Å². The van der Waals surface area contributed by atoms with E-state index in [0.717, 1.165) is 5.69 Å². The summed E-state index contributed by atoms with van der Waals surface area (Å²) in [5.74, 6) is -0.0635. The molecule has 0 saturated carbocycles. The van der Waals surface area contributed by atoms with Gasteiger partial charge in [-0.05, 0) is 18.1 Å². The third-order valence-electron chi connectivity index (χ3n) is 3.14. The number of nitrogens with zero attached hydrogens (tertiary/aromatic N) is 2. The number of nitrogens with one attached hydrogen (secondary N) is 1. The Labute approximate surface area is 117 Å². The van der Waals surface area contributed by atoms with Crippen LogP contribution in [-0.2, 0) is 0 Å². The molecule has 1 heterocycles. The summed E-state index contributed by atoms with van der Waals surface area (Å²) in [6.45, 7) is 3.94. The van der Waals surface area contributed by atoms with E-state index in [-0.39, 0.29) is 23.3 Å². The van der Waals surface area contributed by atoms with Gasteiger partial charge in [-0.1, -0.05) is 19.9 Å². The number of phenols is 1. The van der Waals surface area contributed by atoms with Crippen molar-refractivity contribution in [1.82, 2.24) is 10.2 Å². The number of nitrogen functional groups attached to an aromatic ring is 1. The number of carbonyl (C=O) groups is 1. The molecular formula is C14H18N4O2. The van der Waals surface area contributed by atoms with Crippen LogP contribution in [0.2, 0.25) is 0 Å². The third-order valence-corrected chi connectivity index (χ3v) is 3.14. The summed E-state index contributed by atoms with van der Waals surface area (Å²) in [6, 6.07) is 6.44. The molecule has 1 aromatic carbocycles. The highest BCUT2D eigenvalue weighted by molar-refractivity contribution is 6.07. The summed E-state index contributed by atoms with van der Waals surface area (Å²) in [5.41, 5.74) is 7.85. The van der Waals surface area contributed by atoms with Crippen LogP contribution in [0, 0.1) is 0 Å². The number of hydrogen-bond acceptors (Lipinski definition) is 4. The molecule has 6 heteroatoms. The molecule has 0 aliphatic rings. The van der Waals surface area contributed by atoms with Crippen LogP contribution < -0.4 is 10.6 Å². The van der Waals surface area contributed by atoms with E-state index >= 15 is 0 Å². The average Bonchev–Trinajstić information content (AvgIpc) is 2.79. The number of phenolic OH excluding ortho intramolecular Hbond substituents is 1. The summed E-state index contributed by atoms with van der Waals surface area (Å²) >= 11 is 0. The van der Waals surface area contributed by atoms with Gasteiger partial charge in [0.2, 0.25) is 0 Å². The molecule has 0 bridgehead atoms. The number of anilines is 2. The van der Waals surface area contributed by atoms with Crippen LogP contribution in [0.3, 0.4) is 0 Å². The number of carbonyl (C=O) groups excluding carboxylic acids is 1. The van der Waals surface area contributed by atoms with Crippen LogP contribution in [0.25, 0.3) is 0 Å². The Hall–Kier alpha value is -2.50. The zero-order chi connectivity index (χ0) is 14.9. The van der Waals surface area contributed by atoms with Gasteiger partial charge in [0, 0.05) is 18.8 Å². The van der Waals surface area contributed by atoms with Gasteiger partial charge in [-0.3, -0.25) is 9.89 Å². The molecular weight excluding hydrogens is 256 g/mol. The number of aromatic nitrogens is 2. The highest BCUT2D eigenvalue weighted by atomic mass is 16.3.